The van der Waals surface area contributed by atoms with Gasteiger partial charge in [-0.2, -0.15) is 18.3 Å². The molecule has 0 saturated carbocycles. The number of hydrogen-bond donors (Lipinski definition) is 3. The second kappa shape index (κ2) is 9.04. The van der Waals surface area contributed by atoms with Gasteiger partial charge >= 0.3 is 6.18 Å². The summed E-state index contributed by atoms with van der Waals surface area (Å²) in [5, 5.41) is 12.4. The lowest BCUT2D eigenvalue weighted by atomic mass is 10.1. The fraction of sp³-hybridized carbons (Fsp3) is 0.250. The summed E-state index contributed by atoms with van der Waals surface area (Å²) in [4.78, 5) is 16.0. The van der Waals surface area contributed by atoms with E-state index in [0.717, 1.165) is 6.20 Å². The molecule has 31 heavy (non-hydrogen) atoms. The molecule has 8 nitrogen and oxygen atoms in total. The van der Waals surface area contributed by atoms with Crippen LogP contribution >= 0.6 is 0 Å². The van der Waals surface area contributed by atoms with E-state index in [1.807, 2.05) is 0 Å². The van der Waals surface area contributed by atoms with E-state index in [9.17, 15) is 18.0 Å². The number of benzene rings is 1. The molecule has 0 spiro atoms. The van der Waals surface area contributed by atoms with Crippen LogP contribution in [-0.4, -0.2) is 34.8 Å². The molecule has 3 N–H and O–H groups in total. The van der Waals surface area contributed by atoms with Gasteiger partial charge in [0.25, 0.3) is 5.91 Å². The summed E-state index contributed by atoms with van der Waals surface area (Å²) in [6.45, 7) is 0.217. The van der Waals surface area contributed by atoms with Crippen molar-refractivity contribution in [3.05, 3.63) is 59.5 Å². The first-order valence-corrected chi connectivity index (χ1v) is 9.16. The van der Waals surface area contributed by atoms with Gasteiger partial charge in [0, 0.05) is 39.7 Å². The van der Waals surface area contributed by atoms with Crippen molar-refractivity contribution in [2.75, 3.05) is 24.8 Å². The van der Waals surface area contributed by atoms with Crippen molar-refractivity contribution in [1.82, 2.24) is 20.1 Å². The Morgan fingerprint density at radius 1 is 1.16 bits per heavy atom. The zero-order valence-corrected chi connectivity index (χ0v) is 17.0. The van der Waals surface area contributed by atoms with Crippen LogP contribution in [0.1, 0.15) is 21.6 Å². The van der Waals surface area contributed by atoms with E-state index < -0.39 is 17.6 Å². The lowest BCUT2D eigenvalue weighted by molar-refractivity contribution is -0.137. The Kier molecular flexibility index (Phi) is 6.44. The van der Waals surface area contributed by atoms with Crippen molar-refractivity contribution in [3.8, 4) is 0 Å². The molecule has 3 aromatic rings. The molecule has 0 radical (unpaired) electrons. The first-order chi connectivity index (χ1) is 14.7. The quantitative estimate of drug-likeness (QED) is 0.524. The lowest BCUT2D eigenvalue weighted by Gasteiger charge is -2.17. The van der Waals surface area contributed by atoms with Crippen molar-refractivity contribution in [2.24, 2.45) is 7.05 Å². The van der Waals surface area contributed by atoms with E-state index in [2.05, 4.69) is 26.0 Å². The number of rotatable bonds is 7. The summed E-state index contributed by atoms with van der Waals surface area (Å²) < 4.78 is 47.4. The number of pyridine rings is 1. The van der Waals surface area contributed by atoms with E-state index >= 15 is 0 Å². The molecule has 0 aliphatic heterocycles. The SMILES string of the molecule is CNC(=O)c1ccccc1Nc1cc(Nc2cn(C)nc2COC)ncc1C(F)(F)F. The summed E-state index contributed by atoms with van der Waals surface area (Å²) in [6.07, 6.45) is -2.24. The number of ether oxygens (including phenoxy) is 1. The number of carbonyl (C=O) groups excluding carboxylic acids is 1. The van der Waals surface area contributed by atoms with Crippen molar-refractivity contribution in [3.63, 3.8) is 0 Å². The van der Waals surface area contributed by atoms with Crippen molar-refractivity contribution in [1.29, 1.82) is 0 Å². The maximum Gasteiger partial charge on any atom is 0.419 e. The number of alkyl halides is 3. The number of carbonyl (C=O) groups is 1. The number of hydrogen-bond acceptors (Lipinski definition) is 6. The van der Waals surface area contributed by atoms with E-state index in [1.165, 1.54) is 32.4 Å². The smallest absolute Gasteiger partial charge is 0.378 e. The topological polar surface area (TPSA) is 93.1 Å². The Morgan fingerprint density at radius 2 is 1.90 bits per heavy atom. The van der Waals surface area contributed by atoms with Gasteiger partial charge in [-0.1, -0.05) is 12.1 Å². The van der Waals surface area contributed by atoms with Crippen LogP contribution in [0.2, 0.25) is 0 Å². The zero-order valence-electron chi connectivity index (χ0n) is 17.0. The lowest BCUT2D eigenvalue weighted by Crippen LogP contribution is -2.19. The van der Waals surface area contributed by atoms with E-state index in [0.29, 0.717) is 11.4 Å². The van der Waals surface area contributed by atoms with E-state index in [1.54, 1.807) is 30.1 Å². The molecular weight excluding hydrogens is 413 g/mol. The second-order valence-corrected chi connectivity index (χ2v) is 6.58. The molecule has 0 aliphatic rings. The first-order valence-electron chi connectivity index (χ1n) is 9.16. The number of aromatic nitrogens is 3. The minimum absolute atomic E-state index is 0.165. The Balaban J connectivity index is 2.01. The minimum Gasteiger partial charge on any atom is -0.378 e. The van der Waals surface area contributed by atoms with Gasteiger partial charge in [0.05, 0.1) is 34.8 Å². The summed E-state index contributed by atoms with van der Waals surface area (Å²) in [7, 11) is 4.67. The molecule has 3 rings (SSSR count). The largest absolute Gasteiger partial charge is 0.419 e. The van der Waals surface area contributed by atoms with Crippen LogP contribution in [0.15, 0.2) is 42.7 Å². The molecule has 0 aliphatic carbocycles. The van der Waals surface area contributed by atoms with Crippen LogP contribution in [0.5, 0.6) is 0 Å². The van der Waals surface area contributed by atoms with Gasteiger partial charge in [-0.05, 0) is 12.1 Å². The molecule has 0 atom stereocenters. The van der Waals surface area contributed by atoms with Crippen molar-refractivity contribution in [2.45, 2.75) is 12.8 Å². The molecular formula is C20H21F3N6O2. The predicted molar refractivity (Wildman–Crippen MR) is 110 cm³/mol. The average Bonchev–Trinajstić information content (AvgIpc) is 3.06. The predicted octanol–water partition coefficient (Wildman–Crippen LogP) is 3.83. The molecule has 2 aromatic heterocycles. The van der Waals surface area contributed by atoms with Crippen LogP contribution < -0.4 is 16.0 Å². The Hall–Kier alpha value is -3.60. The molecule has 0 fully saturated rings. The standard InChI is InChI=1S/C20H21F3N6O2/c1-24-19(30)12-6-4-5-7-14(12)26-15-8-18(25-9-13(15)20(21,22)23)27-16-10-29(2)28-17(16)11-31-3/h4-10H,11H2,1-3H3,(H,24,30)(H2,25,26,27). The number of methoxy groups -OCH3 is 1. The van der Waals surface area contributed by atoms with Crippen LogP contribution in [0, 0.1) is 0 Å². The molecule has 0 bridgehead atoms. The number of aryl methyl sites for hydroxylation is 1. The van der Waals surface area contributed by atoms with Crippen molar-refractivity contribution >= 4 is 28.8 Å². The number of para-hydroxylation sites is 1. The number of amides is 1. The van der Waals surface area contributed by atoms with Gasteiger partial charge in [0.1, 0.15) is 11.5 Å². The molecule has 2 heterocycles. The Morgan fingerprint density at radius 3 is 2.58 bits per heavy atom. The highest BCUT2D eigenvalue weighted by molar-refractivity contribution is 6.00. The molecule has 164 valence electrons. The third-order valence-corrected chi connectivity index (χ3v) is 4.33. The minimum atomic E-state index is -4.65. The number of anilines is 4. The van der Waals surface area contributed by atoms with Crippen LogP contribution in [0.25, 0.3) is 0 Å². The first kappa shape index (κ1) is 22.1. The van der Waals surface area contributed by atoms with Gasteiger partial charge < -0.3 is 20.7 Å². The molecule has 11 heteroatoms. The molecule has 1 amide bonds. The van der Waals surface area contributed by atoms with Crippen molar-refractivity contribution < 1.29 is 22.7 Å². The van der Waals surface area contributed by atoms with Gasteiger partial charge in [-0.15, -0.1) is 0 Å². The van der Waals surface area contributed by atoms with Gasteiger partial charge in [-0.3, -0.25) is 9.48 Å². The summed E-state index contributed by atoms with van der Waals surface area (Å²) in [5.41, 5.74) is 0.344. The zero-order chi connectivity index (χ0) is 22.6. The third kappa shape index (κ3) is 5.12. The maximum atomic E-state index is 13.6. The van der Waals surface area contributed by atoms with Crippen LogP contribution in [0.3, 0.4) is 0 Å². The second-order valence-electron chi connectivity index (χ2n) is 6.58. The Bertz CT molecular complexity index is 1080. The van der Waals surface area contributed by atoms with Crippen LogP contribution in [0.4, 0.5) is 36.1 Å². The fourth-order valence-electron chi connectivity index (χ4n) is 2.94. The maximum absolute atomic E-state index is 13.6. The van der Waals surface area contributed by atoms with Gasteiger partial charge in [0.2, 0.25) is 0 Å². The number of nitrogens with zero attached hydrogens (tertiary/aromatic N) is 3. The summed E-state index contributed by atoms with van der Waals surface area (Å²) >= 11 is 0. The van der Waals surface area contributed by atoms with Gasteiger partial charge in [0.15, 0.2) is 0 Å². The molecule has 0 unspecified atom stereocenters. The Labute approximate surface area is 176 Å². The average molecular weight is 434 g/mol. The molecule has 1 aromatic carbocycles. The highest BCUT2D eigenvalue weighted by Gasteiger charge is 2.34. The fourth-order valence-corrected chi connectivity index (χ4v) is 2.94. The van der Waals surface area contributed by atoms with Crippen LogP contribution in [-0.2, 0) is 24.6 Å². The van der Waals surface area contributed by atoms with E-state index in [4.69, 9.17) is 4.74 Å². The highest BCUT2D eigenvalue weighted by Crippen LogP contribution is 2.37. The third-order valence-electron chi connectivity index (χ3n) is 4.33. The number of nitrogens with one attached hydrogen (secondary N) is 3. The highest BCUT2D eigenvalue weighted by atomic mass is 19.4. The van der Waals surface area contributed by atoms with Gasteiger partial charge in [-0.25, -0.2) is 4.98 Å². The molecule has 0 saturated heterocycles. The monoisotopic (exact) mass is 434 g/mol. The normalized spacial score (nSPS) is 11.3. The summed E-state index contributed by atoms with van der Waals surface area (Å²) in [6, 6.07) is 7.51. The summed E-state index contributed by atoms with van der Waals surface area (Å²) in [5.74, 6) is -0.262. The van der Waals surface area contributed by atoms with E-state index in [-0.39, 0.29) is 29.4 Å². The number of halogens is 3.